The first kappa shape index (κ1) is 21.1. The summed E-state index contributed by atoms with van der Waals surface area (Å²) in [6.45, 7) is 6.11. The molecule has 1 amide bonds. The van der Waals surface area contributed by atoms with Gasteiger partial charge in [-0.2, -0.15) is 5.26 Å². The van der Waals surface area contributed by atoms with Crippen LogP contribution < -0.4 is 10.2 Å². The number of pyridine rings is 1. The summed E-state index contributed by atoms with van der Waals surface area (Å²) in [4.78, 5) is 20.9. The minimum Gasteiger partial charge on any atom is -0.356 e. The first-order valence-electron chi connectivity index (χ1n) is 10.9. The summed E-state index contributed by atoms with van der Waals surface area (Å²) in [6, 6.07) is 11.0. The van der Waals surface area contributed by atoms with Gasteiger partial charge in [0.25, 0.3) is 0 Å². The van der Waals surface area contributed by atoms with Crippen molar-refractivity contribution in [1.82, 2.24) is 19.6 Å². The van der Waals surface area contributed by atoms with E-state index in [1.165, 1.54) is 5.56 Å². The maximum absolute atomic E-state index is 11.3. The minimum absolute atomic E-state index is 0.0147. The fourth-order valence-corrected chi connectivity index (χ4v) is 4.68. The molecular formula is C24H30N6O. The summed E-state index contributed by atoms with van der Waals surface area (Å²) in [5.74, 6) is 1.13. The van der Waals surface area contributed by atoms with Crippen LogP contribution in [-0.2, 0) is 11.2 Å². The lowest BCUT2D eigenvalue weighted by molar-refractivity contribution is -0.118. The van der Waals surface area contributed by atoms with Crippen molar-refractivity contribution in [2.24, 2.45) is 0 Å². The number of likely N-dealkylation sites (N-methyl/N-ethyl adjacent to an activating group) is 1. The number of hydrogen-bond acceptors (Lipinski definition) is 5. The molecule has 31 heavy (non-hydrogen) atoms. The van der Waals surface area contributed by atoms with Gasteiger partial charge in [-0.05, 0) is 63.5 Å². The Morgan fingerprint density at radius 3 is 2.81 bits per heavy atom. The Morgan fingerprint density at radius 2 is 2.13 bits per heavy atom. The second kappa shape index (κ2) is 8.56. The molecule has 0 radical (unpaired) electrons. The molecule has 1 N–H and O–H groups in total. The number of nitrogens with zero attached hydrogens (tertiary/aromatic N) is 5. The molecule has 0 saturated carbocycles. The van der Waals surface area contributed by atoms with E-state index in [1.54, 1.807) is 6.92 Å². The van der Waals surface area contributed by atoms with Crippen molar-refractivity contribution in [1.29, 1.82) is 5.26 Å². The van der Waals surface area contributed by atoms with Gasteiger partial charge in [-0.3, -0.25) is 9.20 Å². The Kier molecular flexibility index (Phi) is 5.84. The zero-order chi connectivity index (χ0) is 22.1. The third-order valence-electron chi connectivity index (χ3n) is 6.38. The van der Waals surface area contributed by atoms with Crippen LogP contribution in [0.5, 0.6) is 0 Å². The van der Waals surface area contributed by atoms with Crippen LogP contribution in [-0.4, -0.2) is 60.0 Å². The van der Waals surface area contributed by atoms with Crippen LogP contribution in [0.25, 0.3) is 16.7 Å². The number of rotatable bonds is 6. The second-order valence-electron chi connectivity index (χ2n) is 8.61. The van der Waals surface area contributed by atoms with Crippen LogP contribution >= 0.6 is 0 Å². The number of nitrogens with one attached hydrogen (secondary N) is 1. The molecular weight excluding hydrogens is 388 g/mol. The molecule has 1 atom stereocenters. The Morgan fingerprint density at radius 1 is 1.35 bits per heavy atom. The number of imidazole rings is 1. The van der Waals surface area contributed by atoms with E-state index in [-0.39, 0.29) is 5.91 Å². The highest BCUT2D eigenvalue weighted by Gasteiger charge is 2.30. The molecule has 4 rings (SSSR count). The number of aromatic nitrogens is 2. The van der Waals surface area contributed by atoms with Crippen molar-refractivity contribution in [3.05, 3.63) is 41.0 Å². The van der Waals surface area contributed by atoms with Crippen molar-refractivity contribution in [2.45, 2.75) is 39.2 Å². The van der Waals surface area contributed by atoms with Crippen LogP contribution in [0, 0.1) is 18.3 Å². The average Bonchev–Trinajstić information content (AvgIpc) is 3.36. The van der Waals surface area contributed by atoms with E-state index in [2.05, 4.69) is 45.7 Å². The summed E-state index contributed by atoms with van der Waals surface area (Å²) < 4.78 is 2.19. The summed E-state index contributed by atoms with van der Waals surface area (Å²) in [6.07, 6.45) is 2.72. The van der Waals surface area contributed by atoms with Crippen LogP contribution in [0.4, 0.5) is 5.82 Å². The SMILES string of the molecule is CC(=O)NCCCc1c(C)c(C#N)c2nc3ccccc3n2c1N1CC[C@H](N(C)C)C1. The van der Waals surface area contributed by atoms with Crippen LogP contribution in [0.1, 0.15) is 36.5 Å². The Balaban J connectivity index is 1.90. The Bertz CT molecular complexity index is 1170. The van der Waals surface area contributed by atoms with Gasteiger partial charge in [0, 0.05) is 32.6 Å². The molecule has 1 aliphatic heterocycles. The smallest absolute Gasteiger partial charge is 0.216 e. The number of anilines is 1. The molecule has 1 aliphatic rings. The third kappa shape index (κ3) is 3.84. The van der Waals surface area contributed by atoms with Gasteiger partial charge < -0.3 is 15.1 Å². The molecule has 0 aliphatic carbocycles. The molecule has 7 nitrogen and oxygen atoms in total. The molecule has 0 bridgehead atoms. The van der Waals surface area contributed by atoms with Gasteiger partial charge in [0.1, 0.15) is 11.9 Å². The number of nitriles is 1. The number of carbonyl (C=O) groups is 1. The molecule has 3 heterocycles. The molecule has 162 valence electrons. The summed E-state index contributed by atoms with van der Waals surface area (Å²) in [5, 5.41) is 12.9. The quantitative estimate of drug-likeness (QED) is 0.623. The molecule has 0 spiro atoms. The fraction of sp³-hybridized carbons (Fsp3) is 0.458. The van der Waals surface area contributed by atoms with Crippen molar-refractivity contribution in [3.8, 4) is 6.07 Å². The zero-order valence-electron chi connectivity index (χ0n) is 18.8. The van der Waals surface area contributed by atoms with E-state index in [4.69, 9.17) is 4.98 Å². The van der Waals surface area contributed by atoms with Gasteiger partial charge in [0.05, 0.1) is 16.6 Å². The monoisotopic (exact) mass is 418 g/mol. The average molecular weight is 419 g/mol. The van der Waals surface area contributed by atoms with Crippen LogP contribution in [0.3, 0.4) is 0 Å². The fourth-order valence-electron chi connectivity index (χ4n) is 4.68. The third-order valence-corrected chi connectivity index (χ3v) is 6.38. The Labute approximate surface area is 183 Å². The summed E-state index contributed by atoms with van der Waals surface area (Å²) in [5.41, 5.74) is 5.47. The van der Waals surface area contributed by atoms with Gasteiger partial charge in [-0.1, -0.05) is 12.1 Å². The van der Waals surface area contributed by atoms with E-state index in [1.807, 2.05) is 25.1 Å². The van der Waals surface area contributed by atoms with Crippen molar-refractivity contribution < 1.29 is 4.79 Å². The van der Waals surface area contributed by atoms with Gasteiger partial charge in [0.2, 0.25) is 5.91 Å². The lowest BCUT2D eigenvalue weighted by Crippen LogP contribution is -2.32. The van der Waals surface area contributed by atoms with E-state index < -0.39 is 0 Å². The predicted molar refractivity (Wildman–Crippen MR) is 123 cm³/mol. The number of carbonyl (C=O) groups excluding carboxylic acids is 1. The van der Waals surface area contributed by atoms with E-state index >= 15 is 0 Å². The maximum atomic E-state index is 11.3. The standard InChI is InChI=1S/C24H30N6O/c1-16-19(8-7-12-26-17(2)31)24(29-13-11-18(15-29)28(3)4)30-22-10-6-5-9-21(22)27-23(30)20(16)14-25/h5-6,9-10,18H,7-8,11-13,15H2,1-4H3,(H,26,31)/t18-/m0/s1. The highest BCUT2D eigenvalue weighted by atomic mass is 16.1. The lowest BCUT2D eigenvalue weighted by atomic mass is 9.99. The molecule has 2 aromatic heterocycles. The Hall–Kier alpha value is -3.11. The normalized spacial score (nSPS) is 16.4. The summed E-state index contributed by atoms with van der Waals surface area (Å²) in [7, 11) is 4.27. The van der Waals surface area contributed by atoms with Gasteiger partial charge in [0.15, 0.2) is 5.65 Å². The number of fused-ring (bicyclic) bond motifs is 3. The largest absolute Gasteiger partial charge is 0.356 e. The highest BCUT2D eigenvalue weighted by Crippen LogP contribution is 2.35. The van der Waals surface area contributed by atoms with E-state index in [9.17, 15) is 10.1 Å². The molecule has 0 unspecified atom stereocenters. The topological polar surface area (TPSA) is 76.7 Å². The number of benzene rings is 1. The van der Waals surface area contributed by atoms with Crippen molar-refractivity contribution in [3.63, 3.8) is 0 Å². The molecule has 3 aromatic rings. The maximum Gasteiger partial charge on any atom is 0.216 e. The van der Waals surface area contributed by atoms with Gasteiger partial charge in [-0.15, -0.1) is 0 Å². The first-order valence-corrected chi connectivity index (χ1v) is 10.9. The summed E-state index contributed by atoms with van der Waals surface area (Å²) >= 11 is 0. The highest BCUT2D eigenvalue weighted by molar-refractivity contribution is 5.86. The minimum atomic E-state index is -0.0147. The van der Waals surface area contributed by atoms with E-state index in [0.29, 0.717) is 18.2 Å². The lowest BCUT2D eigenvalue weighted by Gasteiger charge is -2.27. The van der Waals surface area contributed by atoms with Crippen molar-refractivity contribution in [2.75, 3.05) is 38.6 Å². The zero-order valence-corrected chi connectivity index (χ0v) is 18.8. The van der Waals surface area contributed by atoms with Crippen LogP contribution in [0.15, 0.2) is 24.3 Å². The second-order valence-corrected chi connectivity index (χ2v) is 8.61. The number of amides is 1. The van der Waals surface area contributed by atoms with Crippen LogP contribution in [0.2, 0.25) is 0 Å². The van der Waals surface area contributed by atoms with Crippen molar-refractivity contribution >= 4 is 28.4 Å². The van der Waals surface area contributed by atoms with Gasteiger partial charge in [-0.25, -0.2) is 4.98 Å². The first-order chi connectivity index (χ1) is 14.9. The number of para-hydroxylation sites is 2. The molecule has 1 aromatic carbocycles. The van der Waals surface area contributed by atoms with E-state index in [0.717, 1.165) is 60.4 Å². The number of hydrogen-bond donors (Lipinski definition) is 1. The molecule has 1 saturated heterocycles. The molecule has 1 fully saturated rings. The predicted octanol–water partition coefficient (Wildman–Crippen LogP) is 2.88. The van der Waals surface area contributed by atoms with Gasteiger partial charge >= 0.3 is 0 Å². The molecule has 7 heteroatoms.